The van der Waals surface area contributed by atoms with Gasteiger partial charge in [0.25, 0.3) is 5.56 Å². The van der Waals surface area contributed by atoms with E-state index < -0.39 is 0 Å². The molecule has 0 bridgehead atoms. The fourth-order valence-corrected chi connectivity index (χ4v) is 0.312. The maximum atomic E-state index is 10.2. The quantitative estimate of drug-likeness (QED) is 0.532. The molecule has 0 aromatic carbocycles. The smallest absolute Gasteiger partial charge is 0.264 e. The second-order valence-electron chi connectivity index (χ2n) is 1.11. The summed E-state index contributed by atoms with van der Waals surface area (Å²) in [5.74, 6) is 0. The van der Waals surface area contributed by atoms with Crippen molar-refractivity contribution < 1.29 is 0 Å². The van der Waals surface area contributed by atoms with Crippen LogP contribution < -0.4 is 5.56 Å². The molecular weight excluding hydrogens is 124 g/mol. The molecule has 4 heteroatoms. The third kappa shape index (κ3) is 1.79. The molecule has 1 N–H and O–H groups in total. The van der Waals surface area contributed by atoms with Crippen molar-refractivity contribution in [2.24, 2.45) is 0 Å². The molecule has 1 aromatic rings. The fourth-order valence-electron chi connectivity index (χ4n) is 0.312. The van der Waals surface area contributed by atoms with E-state index in [4.69, 9.17) is 0 Å². The molecule has 0 saturated carbocycles. The van der Waals surface area contributed by atoms with Crippen LogP contribution >= 0.6 is 13.5 Å². The average molecular weight is 130 g/mol. The molecule has 0 spiro atoms. The van der Waals surface area contributed by atoms with E-state index in [9.17, 15) is 4.79 Å². The molecule has 1 aromatic heterocycles. The van der Waals surface area contributed by atoms with Gasteiger partial charge >= 0.3 is 0 Å². The zero-order valence-corrected chi connectivity index (χ0v) is 5.09. The Morgan fingerprint density at radius 3 is 2.62 bits per heavy atom. The Bertz CT molecular complexity index is 180. The minimum Gasteiger partial charge on any atom is -0.268 e. The first-order valence-electron chi connectivity index (χ1n) is 1.89. The number of aromatic amines is 1. The summed E-state index contributed by atoms with van der Waals surface area (Å²) in [6.45, 7) is 0. The van der Waals surface area contributed by atoms with Crippen molar-refractivity contribution in [2.75, 3.05) is 0 Å². The first kappa shape index (κ1) is 7.23. The van der Waals surface area contributed by atoms with Crippen molar-refractivity contribution in [3.8, 4) is 0 Å². The maximum Gasteiger partial charge on any atom is 0.264 e. The van der Waals surface area contributed by atoms with Crippen LogP contribution in [0.4, 0.5) is 0 Å². The van der Waals surface area contributed by atoms with Gasteiger partial charge in [0.1, 0.15) is 0 Å². The lowest BCUT2D eigenvalue weighted by molar-refractivity contribution is 0.988. The topological polar surface area (TPSA) is 45.8 Å². The Morgan fingerprint density at radius 1 is 1.62 bits per heavy atom. The first-order chi connectivity index (χ1) is 3.39. The number of nitrogens with one attached hydrogen (secondary N) is 1. The highest BCUT2D eigenvalue weighted by atomic mass is 32.1. The summed E-state index contributed by atoms with van der Waals surface area (Å²) in [4.78, 5) is 10.2. The van der Waals surface area contributed by atoms with E-state index in [2.05, 4.69) is 10.2 Å². The summed E-state index contributed by atoms with van der Waals surface area (Å²) in [5.41, 5.74) is -0.164. The molecule has 44 valence electrons. The third-order valence-corrected chi connectivity index (χ3v) is 0.583. The second kappa shape index (κ2) is 3.26. The highest BCUT2D eigenvalue weighted by Gasteiger charge is 1.70. The van der Waals surface area contributed by atoms with Crippen LogP contribution in [-0.2, 0) is 0 Å². The largest absolute Gasteiger partial charge is 0.268 e. The van der Waals surface area contributed by atoms with Gasteiger partial charge in [-0.25, -0.2) is 5.10 Å². The molecule has 0 fully saturated rings. The minimum atomic E-state index is -0.164. The van der Waals surface area contributed by atoms with Gasteiger partial charge in [-0.3, -0.25) is 4.79 Å². The van der Waals surface area contributed by atoms with Crippen LogP contribution in [0.15, 0.2) is 23.1 Å². The van der Waals surface area contributed by atoms with E-state index in [1.165, 1.54) is 12.3 Å². The molecule has 3 nitrogen and oxygen atoms in total. The highest BCUT2D eigenvalue weighted by molar-refractivity contribution is 7.59. The fraction of sp³-hybridized carbons (Fsp3) is 0. The monoisotopic (exact) mass is 130 g/mol. The van der Waals surface area contributed by atoms with Gasteiger partial charge in [0.15, 0.2) is 0 Å². The lowest BCUT2D eigenvalue weighted by atomic mass is 10.6. The molecule has 0 aliphatic carbocycles. The molecule has 0 radical (unpaired) electrons. The summed E-state index contributed by atoms with van der Waals surface area (Å²) >= 11 is 0. The van der Waals surface area contributed by atoms with Crippen LogP contribution in [0.25, 0.3) is 0 Å². The Labute approximate surface area is 53.2 Å². The summed E-state index contributed by atoms with van der Waals surface area (Å²) in [6, 6.07) is 2.99. The summed E-state index contributed by atoms with van der Waals surface area (Å²) in [5, 5.41) is 5.67. The minimum absolute atomic E-state index is 0. The number of hydrogen-bond donors (Lipinski definition) is 1. The standard InChI is InChI=1S/C4H4N2O.H2S/c7-4-2-1-3-5-6-4;/h1-3H,(H,6,7);1H2. The molecule has 1 heterocycles. The van der Waals surface area contributed by atoms with Gasteiger partial charge in [-0.05, 0) is 6.07 Å². The lowest BCUT2D eigenvalue weighted by Crippen LogP contribution is -2.02. The molecule has 0 aliphatic heterocycles. The predicted molar refractivity (Wildman–Crippen MR) is 35.2 cm³/mol. The predicted octanol–water partition coefficient (Wildman–Crippen LogP) is -0.117. The van der Waals surface area contributed by atoms with Crippen molar-refractivity contribution in [1.82, 2.24) is 10.2 Å². The van der Waals surface area contributed by atoms with Crippen LogP contribution in [-0.4, -0.2) is 10.2 Å². The SMILES string of the molecule is O=c1cccn[nH]1.S. The zero-order valence-electron chi connectivity index (χ0n) is 4.09. The van der Waals surface area contributed by atoms with E-state index in [1.54, 1.807) is 6.07 Å². The van der Waals surface area contributed by atoms with Crippen molar-refractivity contribution in [3.63, 3.8) is 0 Å². The number of aromatic nitrogens is 2. The number of nitrogens with zero attached hydrogens (tertiary/aromatic N) is 1. The number of rotatable bonds is 0. The lowest BCUT2D eigenvalue weighted by Gasteiger charge is -1.72. The maximum absolute atomic E-state index is 10.2. The Balaban J connectivity index is 0.000000490. The first-order valence-corrected chi connectivity index (χ1v) is 1.89. The Hall–Kier alpha value is -0.770. The number of hydrogen-bond acceptors (Lipinski definition) is 2. The molecule has 8 heavy (non-hydrogen) atoms. The van der Waals surface area contributed by atoms with Gasteiger partial charge in [-0.1, -0.05) is 0 Å². The summed E-state index contributed by atoms with van der Waals surface area (Å²) in [6.07, 6.45) is 1.52. The van der Waals surface area contributed by atoms with E-state index in [0.717, 1.165) is 0 Å². The Kier molecular flexibility index (Phi) is 2.95. The molecule has 0 amide bonds. The normalized spacial score (nSPS) is 7.50. The van der Waals surface area contributed by atoms with Crippen molar-refractivity contribution in [1.29, 1.82) is 0 Å². The zero-order chi connectivity index (χ0) is 5.11. The van der Waals surface area contributed by atoms with Crippen LogP contribution in [0.3, 0.4) is 0 Å². The molecule has 0 saturated heterocycles. The van der Waals surface area contributed by atoms with Gasteiger partial charge < -0.3 is 0 Å². The van der Waals surface area contributed by atoms with E-state index in [0.29, 0.717) is 0 Å². The number of H-pyrrole nitrogens is 1. The average Bonchev–Trinajstić information content (AvgIpc) is 1.69. The van der Waals surface area contributed by atoms with Crippen molar-refractivity contribution in [2.45, 2.75) is 0 Å². The van der Waals surface area contributed by atoms with Gasteiger partial charge in [-0.2, -0.15) is 18.6 Å². The van der Waals surface area contributed by atoms with Gasteiger partial charge in [0.2, 0.25) is 0 Å². The molecule has 1 rings (SSSR count). The second-order valence-corrected chi connectivity index (χ2v) is 1.11. The highest BCUT2D eigenvalue weighted by Crippen LogP contribution is 1.60. The molecule has 0 atom stereocenters. The van der Waals surface area contributed by atoms with Crippen molar-refractivity contribution in [3.05, 3.63) is 28.7 Å². The van der Waals surface area contributed by atoms with E-state index >= 15 is 0 Å². The van der Waals surface area contributed by atoms with Crippen molar-refractivity contribution >= 4 is 13.5 Å². The molecular formula is C4H6N2OS. The van der Waals surface area contributed by atoms with Crippen LogP contribution in [0.5, 0.6) is 0 Å². The summed E-state index contributed by atoms with van der Waals surface area (Å²) in [7, 11) is 0. The van der Waals surface area contributed by atoms with E-state index in [-0.39, 0.29) is 19.1 Å². The van der Waals surface area contributed by atoms with Crippen LogP contribution in [0.1, 0.15) is 0 Å². The van der Waals surface area contributed by atoms with Crippen LogP contribution in [0.2, 0.25) is 0 Å². The van der Waals surface area contributed by atoms with Gasteiger partial charge in [-0.15, -0.1) is 0 Å². The molecule has 0 aliphatic rings. The van der Waals surface area contributed by atoms with E-state index in [1.807, 2.05) is 0 Å². The van der Waals surface area contributed by atoms with Gasteiger partial charge in [0, 0.05) is 12.3 Å². The Morgan fingerprint density at radius 2 is 2.38 bits per heavy atom. The third-order valence-electron chi connectivity index (χ3n) is 0.583. The summed E-state index contributed by atoms with van der Waals surface area (Å²) < 4.78 is 0. The molecule has 0 unspecified atom stereocenters. The van der Waals surface area contributed by atoms with Gasteiger partial charge in [0.05, 0.1) is 0 Å². The van der Waals surface area contributed by atoms with Crippen LogP contribution in [0, 0.1) is 0 Å².